The lowest BCUT2D eigenvalue weighted by Crippen LogP contribution is -2.10. The first-order valence-electron chi connectivity index (χ1n) is 5.37. The van der Waals surface area contributed by atoms with E-state index in [0.717, 1.165) is 17.8 Å². The van der Waals surface area contributed by atoms with Gasteiger partial charge in [0.1, 0.15) is 0 Å². The second kappa shape index (κ2) is 4.76. The summed E-state index contributed by atoms with van der Waals surface area (Å²) in [6, 6.07) is 4.51. The molecule has 0 aliphatic rings. The molecule has 16 heavy (non-hydrogen) atoms. The van der Waals surface area contributed by atoms with Crippen LogP contribution < -0.4 is 5.73 Å². The average Bonchev–Trinajstić information content (AvgIpc) is 2.87. The van der Waals surface area contributed by atoms with E-state index in [-0.39, 0.29) is 0 Å². The van der Waals surface area contributed by atoms with Crippen LogP contribution in [0.1, 0.15) is 36.2 Å². The molecule has 0 aliphatic carbocycles. The van der Waals surface area contributed by atoms with Gasteiger partial charge < -0.3 is 5.73 Å². The van der Waals surface area contributed by atoms with Gasteiger partial charge in [-0.3, -0.25) is 0 Å². The normalized spacial score (nSPS) is 11.2. The van der Waals surface area contributed by atoms with Crippen molar-refractivity contribution >= 4 is 11.3 Å². The van der Waals surface area contributed by atoms with Crippen molar-refractivity contribution in [2.75, 3.05) is 0 Å². The molecule has 0 aliphatic heterocycles. The molecule has 0 spiro atoms. The van der Waals surface area contributed by atoms with E-state index in [2.05, 4.69) is 41.7 Å². The molecule has 2 rings (SSSR count). The van der Waals surface area contributed by atoms with Crippen molar-refractivity contribution in [1.82, 2.24) is 15.0 Å². The van der Waals surface area contributed by atoms with E-state index in [9.17, 15) is 0 Å². The number of rotatable bonds is 4. The highest BCUT2D eigenvalue weighted by Crippen LogP contribution is 2.19. The maximum Gasteiger partial charge on any atom is 0.0998 e. The molecule has 0 unspecified atom stereocenters. The van der Waals surface area contributed by atoms with Gasteiger partial charge in [0.05, 0.1) is 11.4 Å². The molecule has 0 amide bonds. The Hall–Kier alpha value is -1.20. The summed E-state index contributed by atoms with van der Waals surface area (Å²) in [5.41, 5.74) is 7.72. The van der Waals surface area contributed by atoms with E-state index < -0.39 is 0 Å². The lowest BCUT2D eigenvalue weighted by molar-refractivity contribution is 0.498. The van der Waals surface area contributed by atoms with Crippen molar-refractivity contribution in [3.63, 3.8) is 0 Å². The number of thiophene rings is 1. The SMILES string of the molecule is CC(C)n1nnc(CN)c1Cc1cccs1. The smallest absolute Gasteiger partial charge is 0.0998 e. The van der Waals surface area contributed by atoms with Gasteiger partial charge in [-0.2, -0.15) is 0 Å². The van der Waals surface area contributed by atoms with Crippen LogP contribution in [0.4, 0.5) is 0 Å². The largest absolute Gasteiger partial charge is 0.325 e. The Morgan fingerprint density at radius 3 is 2.88 bits per heavy atom. The van der Waals surface area contributed by atoms with E-state index in [4.69, 9.17) is 5.73 Å². The highest BCUT2D eigenvalue weighted by Gasteiger charge is 2.14. The fourth-order valence-corrected chi connectivity index (χ4v) is 2.39. The summed E-state index contributed by atoms with van der Waals surface area (Å²) in [6.45, 7) is 4.66. The van der Waals surface area contributed by atoms with Crippen molar-refractivity contribution in [3.05, 3.63) is 33.8 Å². The lowest BCUT2D eigenvalue weighted by Gasteiger charge is -2.09. The van der Waals surface area contributed by atoms with Gasteiger partial charge in [0.25, 0.3) is 0 Å². The Balaban J connectivity index is 2.33. The molecule has 2 aromatic heterocycles. The van der Waals surface area contributed by atoms with Crippen molar-refractivity contribution in [3.8, 4) is 0 Å². The van der Waals surface area contributed by atoms with Crippen LogP contribution >= 0.6 is 11.3 Å². The van der Waals surface area contributed by atoms with Gasteiger partial charge in [-0.25, -0.2) is 4.68 Å². The van der Waals surface area contributed by atoms with Crippen LogP contribution in [0, 0.1) is 0 Å². The van der Waals surface area contributed by atoms with E-state index in [1.165, 1.54) is 4.88 Å². The molecule has 0 saturated carbocycles. The number of nitrogens with zero attached hydrogens (tertiary/aromatic N) is 3. The number of aromatic nitrogens is 3. The molecule has 0 saturated heterocycles. The minimum Gasteiger partial charge on any atom is -0.325 e. The second-order valence-corrected chi connectivity index (χ2v) is 5.01. The third-order valence-corrected chi connectivity index (χ3v) is 3.35. The Morgan fingerprint density at radius 1 is 1.50 bits per heavy atom. The standard InChI is InChI=1S/C11H16N4S/c1-8(2)15-11(10(7-12)13-14-15)6-9-4-3-5-16-9/h3-5,8H,6-7,12H2,1-2H3. The van der Waals surface area contributed by atoms with Crippen LogP contribution in [-0.4, -0.2) is 15.0 Å². The van der Waals surface area contributed by atoms with Crippen LogP contribution in [0.25, 0.3) is 0 Å². The zero-order valence-corrected chi connectivity index (χ0v) is 10.4. The maximum absolute atomic E-state index is 5.68. The van der Waals surface area contributed by atoms with Crippen molar-refractivity contribution in [2.45, 2.75) is 32.9 Å². The topological polar surface area (TPSA) is 56.7 Å². The summed E-state index contributed by atoms with van der Waals surface area (Å²) < 4.78 is 1.96. The first-order chi connectivity index (χ1) is 7.72. The minimum atomic E-state index is 0.322. The highest BCUT2D eigenvalue weighted by molar-refractivity contribution is 7.09. The number of hydrogen-bond acceptors (Lipinski definition) is 4. The monoisotopic (exact) mass is 236 g/mol. The molecule has 0 bridgehead atoms. The first kappa shape index (κ1) is 11.3. The summed E-state index contributed by atoms with van der Waals surface area (Å²) in [5.74, 6) is 0. The summed E-state index contributed by atoms with van der Waals surface area (Å²) >= 11 is 1.75. The molecule has 5 heteroatoms. The van der Waals surface area contributed by atoms with Gasteiger partial charge in [0.2, 0.25) is 0 Å². The van der Waals surface area contributed by atoms with Gasteiger partial charge in [0, 0.05) is 23.9 Å². The van der Waals surface area contributed by atoms with Crippen molar-refractivity contribution in [2.24, 2.45) is 5.73 Å². The maximum atomic E-state index is 5.68. The third-order valence-electron chi connectivity index (χ3n) is 2.48. The van der Waals surface area contributed by atoms with Crippen LogP contribution in [0.5, 0.6) is 0 Å². The highest BCUT2D eigenvalue weighted by atomic mass is 32.1. The van der Waals surface area contributed by atoms with E-state index >= 15 is 0 Å². The minimum absolute atomic E-state index is 0.322. The molecular formula is C11H16N4S. The molecular weight excluding hydrogens is 220 g/mol. The molecule has 0 atom stereocenters. The van der Waals surface area contributed by atoms with Crippen LogP contribution in [0.3, 0.4) is 0 Å². The van der Waals surface area contributed by atoms with Crippen LogP contribution in [-0.2, 0) is 13.0 Å². The second-order valence-electron chi connectivity index (χ2n) is 3.98. The molecule has 2 heterocycles. The molecule has 2 aromatic rings. The fourth-order valence-electron chi connectivity index (χ4n) is 1.68. The molecule has 0 radical (unpaired) electrons. The molecule has 0 aromatic carbocycles. The summed E-state index contributed by atoms with van der Waals surface area (Å²) in [4.78, 5) is 1.32. The Kier molecular flexibility index (Phi) is 3.36. The van der Waals surface area contributed by atoms with Gasteiger partial charge in [-0.1, -0.05) is 11.3 Å². The van der Waals surface area contributed by atoms with Gasteiger partial charge in [-0.15, -0.1) is 16.4 Å². The Morgan fingerprint density at radius 2 is 2.31 bits per heavy atom. The predicted octanol–water partition coefficient (Wildman–Crippen LogP) is 1.97. The third kappa shape index (κ3) is 2.15. The number of nitrogens with two attached hydrogens (primary N) is 1. The van der Waals surface area contributed by atoms with Crippen molar-refractivity contribution < 1.29 is 0 Å². The van der Waals surface area contributed by atoms with Gasteiger partial charge in [0.15, 0.2) is 0 Å². The number of hydrogen-bond donors (Lipinski definition) is 1. The van der Waals surface area contributed by atoms with Gasteiger partial charge in [-0.05, 0) is 25.3 Å². The summed E-state index contributed by atoms with van der Waals surface area (Å²) in [5, 5.41) is 10.4. The molecule has 4 nitrogen and oxygen atoms in total. The quantitative estimate of drug-likeness (QED) is 0.883. The fraction of sp³-hybridized carbons (Fsp3) is 0.455. The lowest BCUT2D eigenvalue weighted by atomic mass is 10.2. The average molecular weight is 236 g/mol. The van der Waals surface area contributed by atoms with E-state index in [1.807, 2.05) is 4.68 Å². The zero-order valence-electron chi connectivity index (χ0n) is 9.55. The Bertz CT molecular complexity index is 445. The van der Waals surface area contributed by atoms with Crippen molar-refractivity contribution in [1.29, 1.82) is 0 Å². The summed E-state index contributed by atoms with van der Waals surface area (Å²) in [7, 11) is 0. The molecule has 0 fully saturated rings. The molecule has 86 valence electrons. The first-order valence-corrected chi connectivity index (χ1v) is 6.25. The van der Waals surface area contributed by atoms with E-state index in [0.29, 0.717) is 12.6 Å². The van der Waals surface area contributed by atoms with Crippen LogP contribution in [0.2, 0.25) is 0 Å². The predicted molar refractivity (Wildman–Crippen MR) is 65.4 cm³/mol. The zero-order chi connectivity index (χ0) is 11.5. The summed E-state index contributed by atoms with van der Waals surface area (Å²) in [6.07, 6.45) is 0.870. The van der Waals surface area contributed by atoms with Gasteiger partial charge >= 0.3 is 0 Å². The van der Waals surface area contributed by atoms with E-state index in [1.54, 1.807) is 11.3 Å². The Labute approximate surface area is 99.1 Å². The molecule has 2 N–H and O–H groups in total. The van der Waals surface area contributed by atoms with Crippen LogP contribution in [0.15, 0.2) is 17.5 Å².